The summed E-state index contributed by atoms with van der Waals surface area (Å²) in [6, 6.07) is 5.17. The van der Waals surface area contributed by atoms with Gasteiger partial charge in [-0.3, -0.25) is 4.79 Å². The third kappa shape index (κ3) is 1.56. The molecule has 0 spiro atoms. The van der Waals surface area contributed by atoms with Gasteiger partial charge in [-0.05, 0) is 22.6 Å². The van der Waals surface area contributed by atoms with E-state index in [0.717, 1.165) is 6.29 Å². The summed E-state index contributed by atoms with van der Waals surface area (Å²) in [5.74, 6) is 0.458. The molecule has 6 heteroatoms. The third-order valence-corrected chi connectivity index (χ3v) is 1.95. The third-order valence-electron chi connectivity index (χ3n) is 1.95. The lowest BCUT2D eigenvalue weighted by atomic mass is 10.2. The van der Waals surface area contributed by atoms with Crippen LogP contribution in [0.25, 0.3) is 5.69 Å². The molecule has 0 aliphatic heterocycles. The minimum Gasteiger partial charge on any atom is -0.494 e. The van der Waals surface area contributed by atoms with Gasteiger partial charge in [-0.1, -0.05) is 6.07 Å². The average Bonchev–Trinajstić information content (AvgIpc) is 2.81. The van der Waals surface area contributed by atoms with Crippen LogP contribution in [0.15, 0.2) is 24.5 Å². The molecule has 0 amide bonds. The van der Waals surface area contributed by atoms with Crippen molar-refractivity contribution in [3.63, 3.8) is 0 Å². The molecule has 0 atom stereocenters. The number of tetrazole rings is 1. The van der Waals surface area contributed by atoms with Crippen molar-refractivity contribution in [3.05, 3.63) is 30.1 Å². The summed E-state index contributed by atoms with van der Waals surface area (Å²) >= 11 is 0. The monoisotopic (exact) mass is 204 g/mol. The topological polar surface area (TPSA) is 69.9 Å². The molecule has 76 valence electrons. The Bertz CT molecular complexity index is 467. The van der Waals surface area contributed by atoms with Gasteiger partial charge in [-0.15, -0.1) is 5.10 Å². The van der Waals surface area contributed by atoms with Crippen LogP contribution in [-0.4, -0.2) is 33.6 Å². The van der Waals surface area contributed by atoms with Gasteiger partial charge in [-0.2, -0.15) is 4.68 Å². The Balaban J connectivity index is 2.61. The zero-order valence-electron chi connectivity index (χ0n) is 7.99. The van der Waals surface area contributed by atoms with Crippen LogP contribution in [-0.2, 0) is 0 Å². The van der Waals surface area contributed by atoms with E-state index in [-0.39, 0.29) is 0 Å². The average molecular weight is 204 g/mol. The SMILES string of the molecule is COc1c(C=O)cccc1-n1cnnn1. The van der Waals surface area contributed by atoms with Crippen LogP contribution in [0.2, 0.25) is 0 Å². The number of nitrogens with zero attached hydrogens (tertiary/aromatic N) is 4. The number of hydrogen-bond acceptors (Lipinski definition) is 5. The zero-order chi connectivity index (χ0) is 10.7. The van der Waals surface area contributed by atoms with Crippen LogP contribution in [0, 0.1) is 0 Å². The molecule has 6 nitrogen and oxygen atoms in total. The fourth-order valence-electron chi connectivity index (χ4n) is 1.31. The summed E-state index contributed by atoms with van der Waals surface area (Å²) < 4.78 is 6.58. The van der Waals surface area contributed by atoms with E-state index in [4.69, 9.17) is 4.74 Å². The van der Waals surface area contributed by atoms with Crippen molar-refractivity contribution in [1.82, 2.24) is 20.2 Å². The number of hydrogen-bond donors (Lipinski definition) is 0. The number of methoxy groups -OCH3 is 1. The number of ether oxygens (including phenoxy) is 1. The fourth-order valence-corrected chi connectivity index (χ4v) is 1.31. The van der Waals surface area contributed by atoms with E-state index >= 15 is 0 Å². The molecule has 0 bridgehead atoms. The predicted octanol–water partition coefficient (Wildman–Crippen LogP) is 0.483. The normalized spacial score (nSPS) is 9.93. The largest absolute Gasteiger partial charge is 0.494 e. The van der Waals surface area contributed by atoms with E-state index in [9.17, 15) is 4.79 Å². The zero-order valence-corrected chi connectivity index (χ0v) is 7.99. The van der Waals surface area contributed by atoms with Crippen LogP contribution in [0.4, 0.5) is 0 Å². The Morgan fingerprint density at radius 1 is 1.47 bits per heavy atom. The maximum Gasteiger partial charge on any atom is 0.155 e. The number of aromatic nitrogens is 4. The highest BCUT2D eigenvalue weighted by molar-refractivity contribution is 5.81. The van der Waals surface area contributed by atoms with Crippen LogP contribution in [0.5, 0.6) is 5.75 Å². The maximum absolute atomic E-state index is 10.8. The Hall–Kier alpha value is -2.24. The van der Waals surface area contributed by atoms with Crippen molar-refractivity contribution in [2.75, 3.05) is 7.11 Å². The van der Waals surface area contributed by atoms with Crippen LogP contribution < -0.4 is 4.74 Å². The molecule has 0 fully saturated rings. The van der Waals surface area contributed by atoms with E-state index in [1.54, 1.807) is 18.2 Å². The van der Waals surface area contributed by atoms with Crippen molar-refractivity contribution < 1.29 is 9.53 Å². The van der Waals surface area contributed by atoms with Gasteiger partial charge in [0.1, 0.15) is 12.0 Å². The first-order chi connectivity index (χ1) is 7.36. The highest BCUT2D eigenvalue weighted by Crippen LogP contribution is 2.24. The molecule has 0 radical (unpaired) electrons. The van der Waals surface area contributed by atoms with E-state index in [0.29, 0.717) is 17.0 Å². The van der Waals surface area contributed by atoms with Crippen LogP contribution in [0.3, 0.4) is 0 Å². The molecule has 0 saturated heterocycles. The van der Waals surface area contributed by atoms with Gasteiger partial charge in [0.05, 0.1) is 12.7 Å². The van der Waals surface area contributed by atoms with Gasteiger partial charge in [0, 0.05) is 0 Å². The number of para-hydroxylation sites is 1. The van der Waals surface area contributed by atoms with Crippen molar-refractivity contribution >= 4 is 6.29 Å². The second kappa shape index (κ2) is 3.87. The van der Waals surface area contributed by atoms with E-state index in [1.807, 2.05) is 0 Å². The molecule has 0 aliphatic carbocycles. The highest BCUT2D eigenvalue weighted by atomic mass is 16.5. The first-order valence-electron chi connectivity index (χ1n) is 4.22. The van der Waals surface area contributed by atoms with Gasteiger partial charge >= 0.3 is 0 Å². The molecule has 0 N–H and O–H groups in total. The highest BCUT2D eigenvalue weighted by Gasteiger charge is 2.10. The maximum atomic E-state index is 10.8. The van der Waals surface area contributed by atoms with Crippen LogP contribution >= 0.6 is 0 Å². The van der Waals surface area contributed by atoms with Crippen LogP contribution in [0.1, 0.15) is 10.4 Å². The molecule has 2 aromatic rings. The Kier molecular flexibility index (Phi) is 2.40. The molecule has 2 rings (SSSR count). The summed E-state index contributed by atoms with van der Waals surface area (Å²) in [5, 5.41) is 10.8. The summed E-state index contributed by atoms with van der Waals surface area (Å²) in [6.45, 7) is 0. The first-order valence-corrected chi connectivity index (χ1v) is 4.22. The second-order valence-electron chi connectivity index (χ2n) is 2.77. The molecular formula is C9H8N4O2. The smallest absolute Gasteiger partial charge is 0.155 e. The molecule has 0 aliphatic rings. The van der Waals surface area contributed by atoms with Gasteiger partial charge < -0.3 is 4.74 Å². The lowest BCUT2D eigenvalue weighted by molar-refractivity contribution is 0.112. The number of rotatable bonds is 3. The Morgan fingerprint density at radius 2 is 2.33 bits per heavy atom. The molecule has 0 unspecified atom stereocenters. The number of carbonyl (C=O) groups excluding carboxylic acids is 1. The van der Waals surface area contributed by atoms with Crippen molar-refractivity contribution in [1.29, 1.82) is 0 Å². The Morgan fingerprint density at radius 3 is 2.93 bits per heavy atom. The summed E-state index contributed by atoms with van der Waals surface area (Å²) in [5.41, 5.74) is 1.10. The number of aldehydes is 1. The number of benzene rings is 1. The fraction of sp³-hybridized carbons (Fsp3) is 0.111. The number of carbonyl (C=O) groups is 1. The molecular weight excluding hydrogens is 196 g/mol. The first kappa shape index (κ1) is 9.32. The summed E-state index contributed by atoms with van der Waals surface area (Å²) in [7, 11) is 1.50. The van der Waals surface area contributed by atoms with E-state index < -0.39 is 0 Å². The summed E-state index contributed by atoms with van der Waals surface area (Å²) in [6.07, 6.45) is 2.17. The lowest BCUT2D eigenvalue weighted by Crippen LogP contribution is -2.01. The second-order valence-corrected chi connectivity index (χ2v) is 2.77. The molecule has 1 heterocycles. The van der Waals surface area contributed by atoms with Crippen molar-refractivity contribution in [2.45, 2.75) is 0 Å². The van der Waals surface area contributed by atoms with Gasteiger partial charge in [0.2, 0.25) is 0 Å². The lowest BCUT2D eigenvalue weighted by Gasteiger charge is -2.08. The minimum atomic E-state index is 0.458. The quantitative estimate of drug-likeness (QED) is 0.680. The van der Waals surface area contributed by atoms with Gasteiger partial charge in [0.25, 0.3) is 0 Å². The molecule has 0 saturated carbocycles. The van der Waals surface area contributed by atoms with Crippen molar-refractivity contribution in [2.24, 2.45) is 0 Å². The Labute approximate surface area is 85.5 Å². The predicted molar refractivity (Wildman–Crippen MR) is 51.1 cm³/mol. The standard InChI is InChI=1S/C9H8N4O2/c1-15-9-7(5-14)3-2-4-8(9)13-6-10-11-12-13/h2-6H,1H3. The summed E-state index contributed by atoms with van der Waals surface area (Å²) in [4.78, 5) is 10.8. The van der Waals surface area contributed by atoms with Gasteiger partial charge in [0.15, 0.2) is 12.0 Å². The minimum absolute atomic E-state index is 0.458. The molecule has 15 heavy (non-hydrogen) atoms. The van der Waals surface area contributed by atoms with E-state index in [1.165, 1.54) is 18.1 Å². The molecule has 1 aromatic heterocycles. The van der Waals surface area contributed by atoms with E-state index in [2.05, 4.69) is 15.5 Å². The molecule has 1 aromatic carbocycles. The van der Waals surface area contributed by atoms with Gasteiger partial charge in [-0.25, -0.2) is 0 Å². The van der Waals surface area contributed by atoms with Crippen molar-refractivity contribution in [3.8, 4) is 11.4 Å².